The second-order valence-electron chi connectivity index (χ2n) is 4.61. The number of hydrogen-bond donors (Lipinski definition) is 2. The number of carbonyl (C=O) groups is 1. The van der Waals surface area contributed by atoms with Crippen LogP contribution >= 0.6 is 0 Å². The minimum absolute atomic E-state index is 0.128. The molecule has 1 amide bonds. The third-order valence-corrected chi connectivity index (χ3v) is 2.96. The molecule has 2 aromatic rings. The van der Waals surface area contributed by atoms with E-state index in [2.05, 4.69) is 22.1 Å². The lowest BCUT2D eigenvalue weighted by Gasteiger charge is -2.08. The summed E-state index contributed by atoms with van der Waals surface area (Å²) < 4.78 is 1.91. The van der Waals surface area contributed by atoms with Crippen molar-refractivity contribution in [3.05, 3.63) is 53.6 Å². The van der Waals surface area contributed by atoms with Crippen molar-refractivity contribution >= 4 is 5.91 Å². The van der Waals surface area contributed by atoms with Gasteiger partial charge in [-0.2, -0.15) is 0 Å². The summed E-state index contributed by atoms with van der Waals surface area (Å²) >= 11 is 0. The van der Waals surface area contributed by atoms with Gasteiger partial charge < -0.3 is 15.6 Å². The SMILES string of the molecule is Cc1ccc(C(=O)NCCn2ccnc2)c(C#CCN)c1. The van der Waals surface area contributed by atoms with Crippen molar-refractivity contribution in [3.8, 4) is 11.8 Å². The van der Waals surface area contributed by atoms with Crippen molar-refractivity contribution in [1.82, 2.24) is 14.9 Å². The standard InChI is InChI=1S/C16H18N4O/c1-13-4-5-15(14(11-13)3-2-6-17)16(21)19-8-10-20-9-7-18-12-20/h4-5,7,9,11-12H,6,8,10,17H2,1H3,(H,19,21). The van der Waals surface area contributed by atoms with Crippen LogP contribution < -0.4 is 11.1 Å². The minimum atomic E-state index is -0.128. The fourth-order valence-corrected chi connectivity index (χ4v) is 1.92. The van der Waals surface area contributed by atoms with Crippen LogP contribution in [-0.2, 0) is 6.54 Å². The lowest BCUT2D eigenvalue weighted by atomic mass is 10.0. The molecule has 1 heterocycles. The highest BCUT2D eigenvalue weighted by molar-refractivity contribution is 5.96. The number of hydrogen-bond acceptors (Lipinski definition) is 3. The quantitative estimate of drug-likeness (QED) is 0.819. The molecule has 0 aliphatic heterocycles. The van der Waals surface area contributed by atoms with Gasteiger partial charge in [0.25, 0.3) is 5.91 Å². The fourth-order valence-electron chi connectivity index (χ4n) is 1.92. The third-order valence-electron chi connectivity index (χ3n) is 2.96. The van der Waals surface area contributed by atoms with E-state index in [9.17, 15) is 4.79 Å². The van der Waals surface area contributed by atoms with Crippen molar-refractivity contribution in [2.45, 2.75) is 13.5 Å². The van der Waals surface area contributed by atoms with Crippen LogP contribution in [0.15, 0.2) is 36.9 Å². The number of amides is 1. The van der Waals surface area contributed by atoms with E-state index in [1.807, 2.05) is 29.8 Å². The maximum atomic E-state index is 12.2. The Bertz CT molecular complexity index is 665. The molecule has 0 saturated heterocycles. The number of nitrogens with zero attached hydrogens (tertiary/aromatic N) is 2. The Labute approximate surface area is 124 Å². The van der Waals surface area contributed by atoms with Crippen molar-refractivity contribution in [3.63, 3.8) is 0 Å². The molecule has 0 saturated carbocycles. The zero-order valence-corrected chi connectivity index (χ0v) is 12.0. The van der Waals surface area contributed by atoms with E-state index in [1.54, 1.807) is 18.6 Å². The zero-order valence-electron chi connectivity index (χ0n) is 12.0. The van der Waals surface area contributed by atoms with E-state index in [0.717, 1.165) is 5.56 Å². The van der Waals surface area contributed by atoms with Crippen LogP contribution in [0.2, 0.25) is 0 Å². The number of nitrogens with one attached hydrogen (secondary N) is 1. The molecule has 5 nitrogen and oxygen atoms in total. The molecule has 0 aliphatic rings. The van der Waals surface area contributed by atoms with Crippen molar-refractivity contribution < 1.29 is 4.79 Å². The molecule has 5 heteroatoms. The van der Waals surface area contributed by atoms with E-state index < -0.39 is 0 Å². The van der Waals surface area contributed by atoms with Gasteiger partial charge in [0.05, 0.1) is 18.4 Å². The molecule has 0 atom stereocenters. The first kappa shape index (κ1) is 14.8. The minimum Gasteiger partial charge on any atom is -0.350 e. The molecule has 0 bridgehead atoms. The first-order valence-corrected chi connectivity index (χ1v) is 6.74. The van der Waals surface area contributed by atoms with Crippen molar-refractivity contribution in [2.75, 3.05) is 13.1 Å². The van der Waals surface area contributed by atoms with E-state index in [1.165, 1.54) is 0 Å². The average molecular weight is 282 g/mol. The molecule has 1 aromatic carbocycles. The maximum absolute atomic E-state index is 12.2. The highest BCUT2D eigenvalue weighted by Crippen LogP contribution is 2.10. The summed E-state index contributed by atoms with van der Waals surface area (Å²) in [6.07, 6.45) is 5.29. The van der Waals surface area contributed by atoms with Crippen LogP contribution in [0.25, 0.3) is 0 Å². The number of rotatable bonds is 4. The zero-order chi connectivity index (χ0) is 15.1. The molecule has 3 N–H and O–H groups in total. The first-order valence-electron chi connectivity index (χ1n) is 6.74. The van der Waals surface area contributed by atoms with Crippen LogP contribution in [0.4, 0.5) is 0 Å². The van der Waals surface area contributed by atoms with E-state index in [-0.39, 0.29) is 12.5 Å². The number of carbonyl (C=O) groups excluding carboxylic acids is 1. The maximum Gasteiger partial charge on any atom is 0.252 e. The van der Waals surface area contributed by atoms with Gasteiger partial charge in [0.15, 0.2) is 0 Å². The largest absolute Gasteiger partial charge is 0.350 e. The Morgan fingerprint density at radius 1 is 1.48 bits per heavy atom. The molecule has 108 valence electrons. The van der Waals surface area contributed by atoms with Gasteiger partial charge in [0.1, 0.15) is 0 Å². The number of imidazole rings is 1. The van der Waals surface area contributed by atoms with E-state index in [0.29, 0.717) is 24.2 Å². The molecular formula is C16H18N4O. The van der Waals surface area contributed by atoms with Crippen molar-refractivity contribution in [2.24, 2.45) is 5.73 Å². The number of aromatic nitrogens is 2. The highest BCUT2D eigenvalue weighted by atomic mass is 16.1. The highest BCUT2D eigenvalue weighted by Gasteiger charge is 2.09. The molecule has 21 heavy (non-hydrogen) atoms. The average Bonchev–Trinajstić information content (AvgIpc) is 2.98. The van der Waals surface area contributed by atoms with Gasteiger partial charge in [-0.3, -0.25) is 4.79 Å². The second-order valence-corrected chi connectivity index (χ2v) is 4.61. The summed E-state index contributed by atoms with van der Waals surface area (Å²) in [4.78, 5) is 16.2. The summed E-state index contributed by atoms with van der Waals surface area (Å²) in [6.45, 7) is 3.46. The summed E-state index contributed by atoms with van der Waals surface area (Å²) in [5.41, 5.74) is 7.74. The predicted octanol–water partition coefficient (Wildman–Crippen LogP) is 0.932. The van der Waals surface area contributed by atoms with E-state index >= 15 is 0 Å². The van der Waals surface area contributed by atoms with Gasteiger partial charge >= 0.3 is 0 Å². The Kier molecular flexibility index (Phi) is 5.13. The Hall–Kier alpha value is -2.58. The Morgan fingerprint density at radius 2 is 2.33 bits per heavy atom. The predicted molar refractivity (Wildman–Crippen MR) is 81.7 cm³/mol. The molecule has 1 aromatic heterocycles. The van der Waals surface area contributed by atoms with Crippen LogP contribution in [0.1, 0.15) is 21.5 Å². The lowest BCUT2D eigenvalue weighted by Crippen LogP contribution is -2.27. The van der Waals surface area contributed by atoms with Gasteiger partial charge in [0.2, 0.25) is 0 Å². The van der Waals surface area contributed by atoms with E-state index in [4.69, 9.17) is 5.73 Å². The van der Waals surface area contributed by atoms with Crippen LogP contribution in [0.5, 0.6) is 0 Å². The fraction of sp³-hybridized carbons (Fsp3) is 0.250. The summed E-state index contributed by atoms with van der Waals surface area (Å²) in [5.74, 6) is 5.61. The number of benzene rings is 1. The molecule has 0 fully saturated rings. The normalized spacial score (nSPS) is 9.81. The van der Waals surface area contributed by atoms with Gasteiger partial charge in [0, 0.05) is 31.0 Å². The molecular weight excluding hydrogens is 264 g/mol. The number of aryl methyl sites for hydroxylation is 1. The van der Waals surface area contributed by atoms with Gasteiger partial charge in [-0.15, -0.1) is 0 Å². The smallest absolute Gasteiger partial charge is 0.252 e. The summed E-state index contributed by atoms with van der Waals surface area (Å²) in [5, 5.41) is 2.89. The molecule has 0 spiro atoms. The van der Waals surface area contributed by atoms with Crippen LogP contribution in [0.3, 0.4) is 0 Å². The number of nitrogens with two attached hydrogens (primary N) is 1. The van der Waals surface area contributed by atoms with Crippen LogP contribution in [0, 0.1) is 18.8 Å². The van der Waals surface area contributed by atoms with Gasteiger partial charge in [-0.05, 0) is 24.6 Å². The topological polar surface area (TPSA) is 72.9 Å². The van der Waals surface area contributed by atoms with Crippen LogP contribution in [-0.4, -0.2) is 28.5 Å². The molecule has 0 unspecified atom stereocenters. The summed E-state index contributed by atoms with van der Waals surface area (Å²) in [7, 11) is 0. The monoisotopic (exact) mass is 282 g/mol. The first-order chi connectivity index (χ1) is 10.2. The molecule has 0 radical (unpaired) electrons. The van der Waals surface area contributed by atoms with Gasteiger partial charge in [-0.1, -0.05) is 17.9 Å². The third kappa shape index (κ3) is 4.20. The van der Waals surface area contributed by atoms with Gasteiger partial charge in [-0.25, -0.2) is 4.98 Å². The molecule has 2 rings (SSSR count). The molecule has 0 aliphatic carbocycles. The summed E-state index contributed by atoms with van der Waals surface area (Å²) in [6, 6.07) is 5.59. The Morgan fingerprint density at radius 3 is 3.05 bits per heavy atom. The Balaban J connectivity index is 2.04. The second kappa shape index (κ2) is 7.27. The lowest BCUT2D eigenvalue weighted by molar-refractivity contribution is 0.0952. The van der Waals surface area contributed by atoms with Crippen molar-refractivity contribution in [1.29, 1.82) is 0 Å².